The van der Waals surface area contributed by atoms with Crippen molar-refractivity contribution < 1.29 is 0 Å². The molecule has 0 aromatic carbocycles. The second kappa shape index (κ2) is 4.32. The van der Waals surface area contributed by atoms with Gasteiger partial charge in [0.25, 0.3) is 0 Å². The third kappa shape index (κ3) is 7.48. The first kappa shape index (κ1) is 9.48. The molecule has 0 saturated heterocycles. The smallest absolute Gasteiger partial charge is 0.0652 e. The van der Waals surface area contributed by atoms with Crippen LogP contribution in [0.15, 0.2) is 0 Å². The van der Waals surface area contributed by atoms with Crippen LogP contribution in [0.1, 0.15) is 19.8 Å². The van der Waals surface area contributed by atoms with Crippen LogP contribution in [0.3, 0.4) is 0 Å². The first-order valence-corrected chi connectivity index (χ1v) is 8.06. The molecule has 0 saturated carbocycles. The summed E-state index contributed by atoms with van der Waals surface area (Å²) in [7, 11) is 0. The second-order valence-electron chi connectivity index (χ2n) is 1.77. The molecule has 0 N–H and O–H groups in total. The van der Waals surface area contributed by atoms with Crippen LogP contribution < -0.4 is 0 Å². The van der Waals surface area contributed by atoms with Crippen LogP contribution in [0.2, 0.25) is 0 Å². The SMILES string of the molecule is CCCC[P+](S)(S)S. The van der Waals surface area contributed by atoms with Crippen LogP contribution in [-0.2, 0) is 0 Å². The van der Waals surface area contributed by atoms with Crippen molar-refractivity contribution in [2.24, 2.45) is 0 Å². The molecule has 0 aliphatic carbocycles. The molecule has 0 aromatic rings. The van der Waals surface area contributed by atoms with Crippen molar-refractivity contribution in [1.29, 1.82) is 0 Å². The molecule has 50 valence electrons. The van der Waals surface area contributed by atoms with E-state index in [2.05, 4.69) is 43.7 Å². The predicted molar refractivity (Wildman–Crippen MR) is 53.7 cm³/mol. The molecule has 0 aliphatic rings. The van der Waals surface area contributed by atoms with Gasteiger partial charge in [0, 0.05) is 36.7 Å². The van der Waals surface area contributed by atoms with Crippen molar-refractivity contribution in [3.63, 3.8) is 0 Å². The normalized spacial score (nSPS) is 12.0. The summed E-state index contributed by atoms with van der Waals surface area (Å²) in [5, 5.41) is 0. The van der Waals surface area contributed by atoms with Crippen LogP contribution in [0.25, 0.3) is 0 Å². The lowest BCUT2D eigenvalue weighted by atomic mass is 10.4. The molecule has 0 fully saturated rings. The Morgan fingerprint density at radius 3 is 1.88 bits per heavy atom. The third-order valence-corrected chi connectivity index (χ3v) is 3.53. The quantitative estimate of drug-likeness (QED) is 0.438. The first-order chi connectivity index (χ1) is 3.56. The maximum absolute atomic E-state index is 4.23. The fourth-order valence-corrected chi connectivity index (χ4v) is 2.38. The van der Waals surface area contributed by atoms with Crippen LogP contribution in [-0.4, -0.2) is 6.16 Å². The van der Waals surface area contributed by atoms with Gasteiger partial charge in [-0.2, -0.15) is 0 Å². The van der Waals surface area contributed by atoms with E-state index < -0.39 is 4.87 Å². The van der Waals surface area contributed by atoms with Crippen LogP contribution in [0, 0.1) is 0 Å². The van der Waals surface area contributed by atoms with Gasteiger partial charge in [0.15, 0.2) is 4.87 Å². The van der Waals surface area contributed by atoms with Crippen molar-refractivity contribution >= 4 is 41.6 Å². The van der Waals surface area contributed by atoms with Gasteiger partial charge in [-0.05, 0) is 6.42 Å². The lowest BCUT2D eigenvalue weighted by Crippen LogP contribution is -1.77. The number of thiol groups is 3. The average Bonchev–Trinajstić information content (AvgIpc) is 1.59. The second-order valence-corrected chi connectivity index (χ2v) is 12.6. The monoisotopic (exact) mass is 187 g/mol. The molecular weight excluding hydrogens is 175 g/mol. The zero-order chi connectivity index (χ0) is 6.62. The molecule has 0 amide bonds. The number of rotatable bonds is 3. The Hall–Kier alpha value is 1.48. The molecule has 8 heavy (non-hydrogen) atoms. The Bertz CT molecular complexity index is 58.8. The van der Waals surface area contributed by atoms with Gasteiger partial charge in [0.1, 0.15) is 0 Å². The third-order valence-electron chi connectivity index (χ3n) is 0.812. The fraction of sp³-hybridized carbons (Fsp3) is 1.00. The summed E-state index contributed by atoms with van der Waals surface area (Å²) in [6.07, 6.45) is 3.48. The molecule has 0 radical (unpaired) electrons. The highest BCUT2D eigenvalue weighted by Crippen LogP contribution is 2.72. The summed E-state index contributed by atoms with van der Waals surface area (Å²) in [6.45, 7) is 2.16. The summed E-state index contributed by atoms with van der Waals surface area (Å²) in [5.41, 5.74) is 0. The maximum atomic E-state index is 4.23. The standard InChI is InChI=1S/C4H12PS3/c1-2-3-4-5(6,7)8/h6-8H,2-4H2,1H3/q+1. The Kier molecular flexibility index (Phi) is 5.12. The minimum absolute atomic E-state index is 1.07. The molecule has 0 nitrogen and oxygen atoms in total. The van der Waals surface area contributed by atoms with Gasteiger partial charge in [-0.1, -0.05) is 13.3 Å². The predicted octanol–water partition coefficient (Wildman–Crippen LogP) is 3.34. The summed E-state index contributed by atoms with van der Waals surface area (Å²) < 4.78 is 0. The van der Waals surface area contributed by atoms with E-state index in [1.165, 1.54) is 12.8 Å². The highest BCUT2D eigenvalue weighted by molar-refractivity contribution is 9.09. The molecule has 4 heteroatoms. The molecule has 0 aromatic heterocycles. The zero-order valence-electron chi connectivity index (χ0n) is 4.91. The minimum Gasteiger partial charge on any atom is -0.0652 e. The highest BCUT2D eigenvalue weighted by Gasteiger charge is 2.21. The van der Waals surface area contributed by atoms with Gasteiger partial charge in [-0.25, -0.2) is 0 Å². The molecule has 0 aliphatic heterocycles. The summed E-state index contributed by atoms with van der Waals surface area (Å²) in [4.78, 5) is -1.35. The number of hydrogen-bond acceptors (Lipinski definition) is 3. The summed E-state index contributed by atoms with van der Waals surface area (Å²) in [5.74, 6) is 0. The molecule has 0 atom stereocenters. The molecular formula is C4H12PS3+. The van der Waals surface area contributed by atoms with E-state index in [1.807, 2.05) is 0 Å². The van der Waals surface area contributed by atoms with Gasteiger partial charge in [-0.3, -0.25) is 0 Å². The topological polar surface area (TPSA) is 0 Å². The Balaban J connectivity index is 3.11. The Morgan fingerprint density at radius 1 is 1.25 bits per heavy atom. The van der Waals surface area contributed by atoms with Crippen LogP contribution in [0.5, 0.6) is 0 Å². The van der Waals surface area contributed by atoms with E-state index in [9.17, 15) is 0 Å². The molecule has 0 bridgehead atoms. The van der Waals surface area contributed by atoms with E-state index >= 15 is 0 Å². The van der Waals surface area contributed by atoms with Gasteiger partial charge in [0.05, 0.1) is 6.16 Å². The average molecular weight is 187 g/mol. The Morgan fingerprint density at radius 2 is 1.75 bits per heavy atom. The van der Waals surface area contributed by atoms with E-state index in [4.69, 9.17) is 0 Å². The van der Waals surface area contributed by atoms with Gasteiger partial charge >= 0.3 is 0 Å². The van der Waals surface area contributed by atoms with Crippen LogP contribution >= 0.6 is 41.6 Å². The van der Waals surface area contributed by atoms with Crippen molar-refractivity contribution in [2.75, 3.05) is 6.16 Å². The molecule has 0 spiro atoms. The van der Waals surface area contributed by atoms with Gasteiger partial charge in [0.2, 0.25) is 0 Å². The minimum atomic E-state index is -1.35. The maximum Gasteiger partial charge on any atom is 0.180 e. The van der Waals surface area contributed by atoms with Crippen LogP contribution in [0.4, 0.5) is 0 Å². The van der Waals surface area contributed by atoms with E-state index in [1.54, 1.807) is 0 Å². The lowest BCUT2D eigenvalue weighted by molar-refractivity contribution is 0.895. The van der Waals surface area contributed by atoms with E-state index in [0.29, 0.717) is 0 Å². The van der Waals surface area contributed by atoms with Gasteiger partial charge in [-0.15, -0.1) is 0 Å². The largest absolute Gasteiger partial charge is 0.180 e. The van der Waals surface area contributed by atoms with Crippen molar-refractivity contribution in [3.8, 4) is 0 Å². The van der Waals surface area contributed by atoms with Gasteiger partial charge < -0.3 is 0 Å². The zero-order valence-corrected chi connectivity index (χ0v) is 8.49. The fourth-order valence-electron chi connectivity index (χ4n) is 0.370. The van der Waals surface area contributed by atoms with E-state index in [0.717, 1.165) is 6.16 Å². The Labute approximate surface area is 67.6 Å². The first-order valence-electron chi connectivity index (χ1n) is 2.62. The van der Waals surface area contributed by atoms with E-state index in [-0.39, 0.29) is 0 Å². The lowest BCUT2D eigenvalue weighted by Gasteiger charge is -2.02. The van der Waals surface area contributed by atoms with Crippen molar-refractivity contribution in [3.05, 3.63) is 0 Å². The highest BCUT2D eigenvalue weighted by atomic mass is 33.4. The summed E-state index contributed by atoms with van der Waals surface area (Å²) >= 11 is 12.7. The summed E-state index contributed by atoms with van der Waals surface area (Å²) in [6, 6.07) is 0. The number of hydrogen-bond donors (Lipinski definition) is 3. The molecule has 0 heterocycles. The molecule has 0 rings (SSSR count). The number of unbranched alkanes of at least 4 members (excludes halogenated alkanes) is 1. The van der Waals surface area contributed by atoms with Crippen molar-refractivity contribution in [2.45, 2.75) is 19.8 Å². The van der Waals surface area contributed by atoms with Crippen molar-refractivity contribution in [1.82, 2.24) is 0 Å². The molecule has 0 unspecified atom stereocenters.